The van der Waals surface area contributed by atoms with Crippen molar-refractivity contribution in [2.24, 2.45) is 17.8 Å². The minimum Gasteiger partial charge on any atom is -0.481 e. The molecule has 86 valence electrons. The first-order valence-electron chi connectivity index (χ1n) is 6.26. The monoisotopic (exact) mass is 226 g/mol. The van der Waals surface area contributed by atoms with Gasteiger partial charge in [0.05, 0.1) is 0 Å². The van der Waals surface area contributed by atoms with Crippen LogP contribution in [0.3, 0.4) is 0 Å². The van der Waals surface area contributed by atoms with E-state index >= 15 is 0 Å². The molecule has 4 atom stereocenters. The molecular formula is C15H14O2. The molecule has 0 heterocycles. The highest BCUT2D eigenvalue weighted by molar-refractivity contribution is 5.68. The molecule has 0 radical (unpaired) electrons. The summed E-state index contributed by atoms with van der Waals surface area (Å²) in [4.78, 5) is 10.9. The predicted octanol–water partition coefficient (Wildman–Crippen LogP) is 2.77. The van der Waals surface area contributed by atoms with Crippen LogP contribution in [0.1, 0.15) is 29.4 Å². The van der Waals surface area contributed by atoms with Gasteiger partial charge in [0.15, 0.2) is 0 Å². The van der Waals surface area contributed by atoms with Crippen molar-refractivity contribution < 1.29 is 9.90 Å². The summed E-state index contributed by atoms with van der Waals surface area (Å²) in [6.45, 7) is 0. The summed E-state index contributed by atoms with van der Waals surface area (Å²) in [5.41, 5.74) is 2.88. The Hall–Kier alpha value is -1.57. The molecule has 1 saturated carbocycles. The topological polar surface area (TPSA) is 37.3 Å². The van der Waals surface area contributed by atoms with Crippen molar-refractivity contribution in [3.8, 4) is 0 Å². The lowest BCUT2D eigenvalue weighted by Gasteiger charge is -2.32. The molecule has 2 heteroatoms. The van der Waals surface area contributed by atoms with E-state index in [-0.39, 0.29) is 0 Å². The molecule has 4 aliphatic rings. The molecule has 0 spiro atoms. The second-order valence-electron chi connectivity index (χ2n) is 5.48. The molecule has 5 rings (SSSR count). The van der Waals surface area contributed by atoms with Gasteiger partial charge in [-0.25, -0.2) is 0 Å². The third-order valence-corrected chi connectivity index (χ3v) is 4.77. The second kappa shape index (κ2) is 3.00. The minimum absolute atomic E-state index is 0.345. The average molecular weight is 226 g/mol. The summed E-state index contributed by atoms with van der Waals surface area (Å²) in [6.07, 6.45) is 4.95. The highest BCUT2D eigenvalue weighted by Crippen LogP contribution is 2.68. The normalized spacial score (nSPS) is 39.6. The maximum atomic E-state index is 10.9. The van der Waals surface area contributed by atoms with Crippen LogP contribution in [0, 0.1) is 17.8 Å². The third kappa shape index (κ3) is 1.13. The van der Waals surface area contributed by atoms with Crippen LogP contribution in [0.25, 0.3) is 0 Å². The van der Waals surface area contributed by atoms with Gasteiger partial charge in [-0.05, 0) is 28.9 Å². The molecule has 0 aliphatic heterocycles. The number of rotatable bonds is 2. The van der Waals surface area contributed by atoms with Crippen LogP contribution < -0.4 is 0 Å². The van der Waals surface area contributed by atoms with Crippen molar-refractivity contribution in [1.29, 1.82) is 0 Å². The Morgan fingerprint density at radius 1 is 1.06 bits per heavy atom. The Bertz CT molecular complexity index is 492. The Labute approximate surface area is 100.0 Å². The van der Waals surface area contributed by atoms with E-state index < -0.39 is 5.97 Å². The first-order valence-corrected chi connectivity index (χ1v) is 6.26. The van der Waals surface area contributed by atoms with Crippen LogP contribution >= 0.6 is 0 Å². The van der Waals surface area contributed by atoms with E-state index in [1.807, 2.05) is 0 Å². The van der Waals surface area contributed by atoms with Gasteiger partial charge in [0.25, 0.3) is 0 Å². The molecule has 4 aliphatic carbocycles. The van der Waals surface area contributed by atoms with Gasteiger partial charge in [-0.15, -0.1) is 0 Å². The fraction of sp³-hybridized carbons (Fsp3) is 0.400. The van der Waals surface area contributed by atoms with Crippen LogP contribution in [0.4, 0.5) is 0 Å². The van der Waals surface area contributed by atoms with E-state index in [0.29, 0.717) is 36.0 Å². The number of carbonyl (C=O) groups is 1. The van der Waals surface area contributed by atoms with Gasteiger partial charge < -0.3 is 5.11 Å². The van der Waals surface area contributed by atoms with Gasteiger partial charge in [0, 0.05) is 18.3 Å². The summed E-state index contributed by atoms with van der Waals surface area (Å²) in [5, 5.41) is 8.96. The molecule has 1 fully saturated rings. The molecule has 2 bridgehead atoms. The molecule has 1 N–H and O–H groups in total. The van der Waals surface area contributed by atoms with Crippen LogP contribution in [0.15, 0.2) is 36.4 Å². The van der Waals surface area contributed by atoms with Crippen molar-refractivity contribution >= 4 is 5.97 Å². The van der Waals surface area contributed by atoms with E-state index in [4.69, 9.17) is 5.11 Å². The second-order valence-corrected chi connectivity index (χ2v) is 5.48. The van der Waals surface area contributed by atoms with Crippen molar-refractivity contribution in [2.45, 2.75) is 18.3 Å². The lowest BCUT2D eigenvalue weighted by atomic mass is 9.72. The van der Waals surface area contributed by atoms with Crippen molar-refractivity contribution in [3.05, 3.63) is 47.5 Å². The SMILES string of the molecule is O=C(O)CC1C2C3C=CC(c4ccccc43)C12. The Balaban J connectivity index is 1.74. The summed E-state index contributed by atoms with van der Waals surface area (Å²) in [6, 6.07) is 8.61. The van der Waals surface area contributed by atoms with Crippen molar-refractivity contribution in [3.63, 3.8) is 0 Å². The molecule has 1 aromatic rings. The smallest absolute Gasteiger partial charge is 0.303 e. The van der Waals surface area contributed by atoms with Gasteiger partial charge >= 0.3 is 5.97 Å². The van der Waals surface area contributed by atoms with E-state index in [9.17, 15) is 4.79 Å². The number of carboxylic acid groups (broad SMARTS) is 1. The van der Waals surface area contributed by atoms with Crippen molar-refractivity contribution in [2.75, 3.05) is 0 Å². The van der Waals surface area contributed by atoms with Crippen LogP contribution in [-0.2, 0) is 4.79 Å². The predicted molar refractivity (Wildman–Crippen MR) is 63.8 cm³/mol. The zero-order valence-corrected chi connectivity index (χ0v) is 9.41. The number of carboxylic acids is 1. The summed E-state index contributed by atoms with van der Waals surface area (Å²) in [5.74, 6) is 1.89. The standard InChI is InChI=1S/C15H14O2/c16-13(17)7-12-14-10-5-6-11(15(12)14)9-4-2-1-3-8(9)10/h1-6,10-12,14-15H,7H2,(H,16,17). The lowest BCUT2D eigenvalue weighted by Crippen LogP contribution is -2.19. The van der Waals surface area contributed by atoms with Crippen LogP contribution in [-0.4, -0.2) is 11.1 Å². The Kier molecular flexibility index (Phi) is 1.67. The van der Waals surface area contributed by atoms with Gasteiger partial charge in [-0.3, -0.25) is 4.79 Å². The highest BCUT2D eigenvalue weighted by atomic mass is 16.4. The highest BCUT2D eigenvalue weighted by Gasteiger charge is 2.61. The van der Waals surface area contributed by atoms with Gasteiger partial charge in [-0.1, -0.05) is 36.4 Å². The molecule has 4 unspecified atom stereocenters. The lowest BCUT2D eigenvalue weighted by molar-refractivity contribution is -0.137. The van der Waals surface area contributed by atoms with Crippen LogP contribution in [0.5, 0.6) is 0 Å². The number of aliphatic carboxylic acids is 1. The number of hydrogen-bond donors (Lipinski definition) is 1. The molecular weight excluding hydrogens is 212 g/mol. The Morgan fingerprint density at radius 3 is 2.06 bits per heavy atom. The fourth-order valence-corrected chi connectivity index (χ4v) is 4.15. The largest absolute Gasteiger partial charge is 0.481 e. The minimum atomic E-state index is -0.646. The van der Waals surface area contributed by atoms with E-state index in [0.717, 1.165) is 0 Å². The number of allylic oxidation sites excluding steroid dienone is 2. The molecule has 1 aromatic carbocycles. The first-order chi connectivity index (χ1) is 8.27. The van der Waals surface area contributed by atoms with Gasteiger partial charge in [0.2, 0.25) is 0 Å². The van der Waals surface area contributed by atoms with E-state index in [1.165, 1.54) is 11.1 Å². The molecule has 0 saturated heterocycles. The molecule has 0 amide bonds. The molecule has 2 nitrogen and oxygen atoms in total. The summed E-state index contributed by atoms with van der Waals surface area (Å²) in [7, 11) is 0. The molecule has 0 aromatic heterocycles. The zero-order chi connectivity index (χ0) is 11.6. The van der Waals surface area contributed by atoms with E-state index in [2.05, 4.69) is 36.4 Å². The average Bonchev–Trinajstić information content (AvgIpc) is 3.05. The number of benzene rings is 1. The van der Waals surface area contributed by atoms with Gasteiger partial charge in [0.1, 0.15) is 0 Å². The first kappa shape index (κ1) is 9.46. The third-order valence-electron chi connectivity index (χ3n) is 4.77. The van der Waals surface area contributed by atoms with Crippen molar-refractivity contribution in [1.82, 2.24) is 0 Å². The maximum absolute atomic E-state index is 10.9. The zero-order valence-electron chi connectivity index (χ0n) is 9.41. The molecule has 17 heavy (non-hydrogen) atoms. The summed E-state index contributed by atoms with van der Waals surface area (Å²) >= 11 is 0. The number of hydrogen-bond acceptors (Lipinski definition) is 1. The van der Waals surface area contributed by atoms with E-state index in [1.54, 1.807) is 0 Å². The fourth-order valence-electron chi connectivity index (χ4n) is 4.15. The Morgan fingerprint density at radius 2 is 1.59 bits per heavy atom. The quantitative estimate of drug-likeness (QED) is 0.787. The van der Waals surface area contributed by atoms with Crippen LogP contribution in [0.2, 0.25) is 0 Å². The maximum Gasteiger partial charge on any atom is 0.303 e. The summed E-state index contributed by atoms with van der Waals surface area (Å²) < 4.78 is 0. The van der Waals surface area contributed by atoms with Gasteiger partial charge in [-0.2, -0.15) is 0 Å².